The van der Waals surface area contributed by atoms with Gasteiger partial charge in [0.15, 0.2) is 5.96 Å². The number of guanidine groups is 1. The molecule has 0 radical (unpaired) electrons. The molecule has 0 saturated heterocycles. The second-order valence-electron chi connectivity index (χ2n) is 6.28. The Morgan fingerprint density at radius 1 is 1.31 bits per heavy atom. The summed E-state index contributed by atoms with van der Waals surface area (Å²) >= 11 is 0. The summed E-state index contributed by atoms with van der Waals surface area (Å²) in [5, 5.41) is 9.00. The van der Waals surface area contributed by atoms with E-state index < -0.39 is 0 Å². The Bertz CT molecular complexity index is 879. The fraction of sp³-hybridized carbons (Fsp3) is 0.368. The molecule has 0 aliphatic carbocycles. The zero-order valence-electron chi connectivity index (χ0n) is 15.9. The molecule has 0 atom stereocenters. The van der Waals surface area contributed by atoms with Crippen LogP contribution < -0.4 is 5.32 Å². The molecule has 1 aromatic carbocycles. The molecule has 3 aromatic rings. The maximum atomic E-state index is 5.90. The van der Waals surface area contributed by atoms with Gasteiger partial charge in [0.25, 0.3) is 0 Å². The molecule has 0 aliphatic heterocycles. The summed E-state index contributed by atoms with van der Waals surface area (Å²) in [4.78, 5) is 6.44. The standard InChI is InChI=1S/C19H25N5O.HI/c1-13-17(14(2)24(5)22-13)11-21-19(20-3)23(4)12-16-10-15-8-6-7-9-18(15)25-16;/h6-10H,11-12H2,1-5H3,(H,20,21);1H. The maximum absolute atomic E-state index is 5.90. The lowest BCUT2D eigenvalue weighted by molar-refractivity contribution is 0.412. The molecule has 2 aromatic heterocycles. The van der Waals surface area contributed by atoms with Crippen molar-refractivity contribution >= 4 is 40.9 Å². The fourth-order valence-corrected chi connectivity index (χ4v) is 3.05. The predicted octanol–water partition coefficient (Wildman–Crippen LogP) is 3.61. The van der Waals surface area contributed by atoms with Crippen molar-refractivity contribution in [2.45, 2.75) is 26.9 Å². The minimum Gasteiger partial charge on any atom is -0.459 e. The van der Waals surface area contributed by atoms with E-state index >= 15 is 0 Å². The molecule has 26 heavy (non-hydrogen) atoms. The van der Waals surface area contributed by atoms with Gasteiger partial charge in [-0.3, -0.25) is 9.67 Å². The van der Waals surface area contributed by atoms with E-state index in [1.54, 1.807) is 7.05 Å². The quantitative estimate of drug-likeness (QED) is 0.362. The molecule has 1 N–H and O–H groups in total. The van der Waals surface area contributed by atoms with Crippen LogP contribution in [-0.2, 0) is 20.1 Å². The minimum atomic E-state index is 0. The van der Waals surface area contributed by atoms with E-state index in [1.807, 2.05) is 43.9 Å². The van der Waals surface area contributed by atoms with E-state index in [1.165, 1.54) is 11.3 Å². The molecule has 0 fully saturated rings. The molecule has 7 heteroatoms. The van der Waals surface area contributed by atoms with Gasteiger partial charge in [0.1, 0.15) is 11.3 Å². The summed E-state index contributed by atoms with van der Waals surface area (Å²) in [6.45, 7) is 5.46. The van der Waals surface area contributed by atoms with Gasteiger partial charge < -0.3 is 14.6 Å². The third-order valence-electron chi connectivity index (χ3n) is 4.53. The maximum Gasteiger partial charge on any atom is 0.194 e. The Kier molecular flexibility index (Phi) is 6.69. The molecular formula is C19H26IN5O. The highest BCUT2D eigenvalue weighted by atomic mass is 127. The number of aliphatic imine (C=N–C) groups is 1. The summed E-state index contributed by atoms with van der Waals surface area (Å²) in [5.41, 5.74) is 4.33. The van der Waals surface area contributed by atoms with Crippen LogP contribution in [0.1, 0.15) is 22.7 Å². The van der Waals surface area contributed by atoms with Gasteiger partial charge in [0, 0.05) is 44.3 Å². The number of nitrogens with zero attached hydrogens (tertiary/aromatic N) is 4. The van der Waals surface area contributed by atoms with E-state index in [9.17, 15) is 0 Å². The van der Waals surface area contributed by atoms with Gasteiger partial charge in [0.05, 0.1) is 12.2 Å². The van der Waals surface area contributed by atoms with Crippen molar-refractivity contribution in [3.63, 3.8) is 0 Å². The average Bonchev–Trinajstić information content (AvgIpc) is 3.09. The Morgan fingerprint density at radius 2 is 2.04 bits per heavy atom. The van der Waals surface area contributed by atoms with Crippen molar-refractivity contribution in [3.05, 3.63) is 53.0 Å². The molecule has 0 saturated carbocycles. The number of nitrogens with one attached hydrogen (secondary N) is 1. The summed E-state index contributed by atoms with van der Waals surface area (Å²) < 4.78 is 7.81. The Hall–Kier alpha value is -2.03. The molecule has 140 valence electrons. The molecule has 2 heterocycles. The van der Waals surface area contributed by atoms with Crippen molar-refractivity contribution in [1.82, 2.24) is 20.0 Å². The van der Waals surface area contributed by atoms with Crippen LogP contribution >= 0.6 is 24.0 Å². The van der Waals surface area contributed by atoms with Crippen LogP contribution in [0, 0.1) is 13.8 Å². The minimum absolute atomic E-state index is 0. The predicted molar refractivity (Wildman–Crippen MR) is 116 cm³/mol. The molecule has 3 rings (SSSR count). The van der Waals surface area contributed by atoms with Crippen molar-refractivity contribution in [2.75, 3.05) is 14.1 Å². The number of furan rings is 1. The number of para-hydroxylation sites is 1. The van der Waals surface area contributed by atoms with Gasteiger partial charge in [-0.25, -0.2) is 0 Å². The first-order valence-electron chi connectivity index (χ1n) is 8.38. The molecular weight excluding hydrogens is 441 g/mol. The number of benzene rings is 1. The molecule has 0 amide bonds. The lowest BCUT2D eigenvalue weighted by atomic mass is 10.2. The van der Waals surface area contributed by atoms with E-state index in [0.29, 0.717) is 13.1 Å². The van der Waals surface area contributed by atoms with Crippen LogP contribution in [0.3, 0.4) is 0 Å². The number of hydrogen-bond acceptors (Lipinski definition) is 3. The number of rotatable bonds is 4. The molecule has 0 bridgehead atoms. The fourth-order valence-electron chi connectivity index (χ4n) is 3.05. The first-order valence-corrected chi connectivity index (χ1v) is 8.38. The first-order chi connectivity index (χ1) is 12.0. The van der Waals surface area contributed by atoms with Crippen LogP contribution in [0.5, 0.6) is 0 Å². The van der Waals surface area contributed by atoms with Crippen LogP contribution in [0.4, 0.5) is 0 Å². The van der Waals surface area contributed by atoms with E-state index in [-0.39, 0.29) is 24.0 Å². The van der Waals surface area contributed by atoms with Crippen molar-refractivity contribution in [2.24, 2.45) is 12.0 Å². The molecule has 6 nitrogen and oxygen atoms in total. The highest BCUT2D eigenvalue weighted by molar-refractivity contribution is 14.0. The van der Waals surface area contributed by atoms with Gasteiger partial charge in [-0.2, -0.15) is 5.10 Å². The number of fused-ring (bicyclic) bond motifs is 1. The van der Waals surface area contributed by atoms with Gasteiger partial charge in [0.2, 0.25) is 0 Å². The van der Waals surface area contributed by atoms with Gasteiger partial charge in [-0.1, -0.05) is 18.2 Å². The van der Waals surface area contributed by atoms with Crippen LogP contribution in [0.25, 0.3) is 11.0 Å². The van der Waals surface area contributed by atoms with Crippen molar-refractivity contribution in [3.8, 4) is 0 Å². The van der Waals surface area contributed by atoms with Crippen LogP contribution in [-0.4, -0.2) is 34.7 Å². The normalized spacial score (nSPS) is 11.5. The Labute approximate surface area is 171 Å². The third-order valence-corrected chi connectivity index (χ3v) is 4.53. The summed E-state index contributed by atoms with van der Waals surface area (Å²) in [6.07, 6.45) is 0. The SMILES string of the molecule is CN=C(NCc1c(C)nn(C)c1C)N(C)Cc1cc2ccccc2o1.I. The van der Waals surface area contributed by atoms with E-state index in [4.69, 9.17) is 4.42 Å². The lowest BCUT2D eigenvalue weighted by Crippen LogP contribution is -2.38. The number of hydrogen-bond donors (Lipinski definition) is 1. The van der Waals surface area contributed by atoms with Crippen LogP contribution in [0.15, 0.2) is 39.7 Å². The average molecular weight is 467 g/mol. The first kappa shape index (κ1) is 20.3. The Balaban J connectivity index is 0.00000243. The topological polar surface area (TPSA) is 58.6 Å². The molecule has 0 unspecified atom stereocenters. The monoisotopic (exact) mass is 467 g/mol. The van der Waals surface area contributed by atoms with E-state index in [2.05, 4.69) is 39.4 Å². The lowest BCUT2D eigenvalue weighted by Gasteiger charge is -2.21. The smallest absolute Gasteiger partial charge is 0.194 e. The number of halogens is 1. The summed E-state index contributed by atoms with van der Waals surface area (Å²) in [5.74, 6) is 1.74. The molecule has 0 aliphatic rings. The van der Waals surface area contributed by atoms with E-state index in [0.717, 1.165) is 28.4 Å². The zero-order valence-corrected chi connectivity index (χ0v) is 18.2. The number of aromatic nitrogens is 2. The van der Waals surface area contributed by atoms with Gasteiger partial charge in [-0.15, -0.1) is 24.0 Å². The van der Waals surface area contributed by atoms with Crippen molar-refractivity contribution in [1.29, 1.82) is 0 Å². The second-order valence-corrected chi connectivity index (χ2v) is 6.28. The highest BCUT2D eigenvalue weighted by Gasteiger charge is 2.13. The zero-order chi connectivity index (χ0) is 18.0. The van der Waals surface area contributed by atoms with Gasteiger partial charge >= 0.3 is 0 Å². The van der Waals surface area contributed by atoms with Gasteiger partial charge in [-0.05, 0) is 26.0 Å². The third kappa shape index (κ3) is 4.20. The second kappa shape index (κ2) is 8.57. The van der Waals surface area contributed by atoms with Crippen LogP contribution in [0.2, 0.25) is 0 Å². The largest absolute Gasteiger partial charge is 0.459 e. The van der Waals surface area contributed by atoms with Crippen molar-refractivity contribution < 1.29 is 4.42 Å². The highest BCUT2D eigenvalue weighted by Crippen LogP contribution is 2.19. The molecule has 0 spiro atoms. The summed E-state index contributed by atoms with van der Waals surface area (Å²) in [6, 6.07) is 10.1. The number of aryl methyl sites for hydroxylation is 2. The Morgan fingerprint density at radius 3 is 2.65 bits per heavy atom. The summed E-state index contributed by atoms with van der Waals surface area (Å²) in [7, 11) is 5.76.